The highest BCUT2D eigenvalue weighted by atomic mass is 16.1. The van der Waals surface area contributed by atoms with E-state index >= 15 is 0 Å². The normalized spacial score (nSPS) is 10.9. The van der Waals surface area contributed by atoms with Crippen molar-refractivity contribution in [2.24, 2.45) is 7.05 Å². The molecule has 0 aliphatic carbocycles. The SMILES string of the molecule is Cc1ccc(-c2cc(C(=O)Nc3ccn(C)n3)c3ccccc3n2)c(C)c1. The number of aryl methyl sites for hydroxylation is 3. The zero-order valence-corrected chi connectivity index (χ0v) is 15.5. The second-order valence-corrected chi connectivity index (χ2v) is 6.72. The molecule has 0 aliphatic heterocycles. The molecule has 5 nitrogen and oxygen atoms in total. The van der Waals surface area contributed by atoms with Crippen molar-refractivity contribution < 1.29 is 4.79 Å². The van der Waals surface area contributed by atoms with E-state index in [1.54, 1.807) is 16.9 Å². The fraction of sp³-hybridized carbons (Fsp3) is 0.136. The summed E-state index contributed by atoms with van der Waals surface area (Å²) in [5, 5.41) is 7.92. The van der Waals surface area contributed by atoms with Crippen molar-refractivity contribution in [3.8, 4) is 11.3 Å². The molecule has 0 aliphatic rings. The third-order valence-electron chi connectivity index (χ3n) is 4.57. The smallest absolute Gasteiger partial charge is 0.257 e. The van der Waals surface area contributed by atoms with Gasteiger partial charge in [-0.2, -0.15) is 5.10 Å². The Hall–Kier alpha value is -3.47. The van der Waals surface area contributed by atoms with E-state index in [9.17, 15) is 4.79 Å². The van der Waals surface area contributed by atoms with Gasteiger partial charge in [0.25, 0.3) is 5.91 Å². The number of benzene rings is 2. The van der Waals surface area contributed by atoms with Crippen LogP contribution in [0.1, 0.15) is 21.5 Å². The Balaban J connectivity index is 1.84. The minimum Gasteiger partial charge on any atom is -0.305 e. The molecule has 5 heteroatoms. The zero-order valence-electron chi connectivity index (χ0n) is 15.5. The quantitative estimate of drug-likeness (QED) is 0.588. The topological polar surface area (TPSA) is 59.8 Å². The number of para-hydroxylation sites is 1. The molecule has 0 bridgehead atoms. The van der Waals surface area contributed by atoms with Gasteiger partial charge in [0.05, 0.1) is 16.8 Å². The fourth-order valence-electron chi connectivity index (χ4n) is 3.27. The van der Waals surface area contributed by atoms with Crippen LogP contribution in [0.2, 0.25) is 0 Å². The molecule has 0 saturated carbocycles. The lowest BCUT2D eigenvalue weighted by molar-refractivity contribution is 0.102. The van der Waals surface area contributed by atoms with E-state index in [0.717, 1.165) is 27.7 Å². The Morgan fingerprint density at radius 1 is 1.04 bits per heavy atom. The van der Waals surface area contributed by atoms with Crippen LogP contribution in [0.15, 0.2) is 60.8 Å². The average molecular weight is 356 g/mol. The number of hydrogen-bond acceptors (Lipinski definition) is 3. The number of nitrogens with one attached hydrogen (secondary N) is 1. The predicted molar refractivity (Wildman–Crippen MR) is 108 cm³/mol. The maximum absolute atomic E-state index is 13.0. The van der Waals surface area contributed by atoms with Crippen LogP contribution in [0.4, 0.5) is 5.82 Å². The molecule has 1 amide bonds. The van der Waals surface area contributed by atoms with Crippen LogP contribution in [0.5, 0.6) is 0 Å². The first-order valence-corrected chi connectivity index (χ1v) is 8.80. The summed E-state index contributed by atoms with van der Waals surface area (Å²) >= 11 is 0. The lowest BCUT2D eigenvalue weighted by Gasteiger charge is -2.11. The van der Waals surface area contributed by atoms with Gasteiger partial charge in [-0.05, 0) is 31.5 Å². The molecule has 0 spiro atoms. The molecule has 27 heavy (non-hydrogen) atoms. The zero-order chi connectivity index (χ0) is 19.0. The summed E-state index contributed by atoms with van der Waals surface area (Å²) in [4.78, 5) is 17.8. The number of carbonyl (C=O) groups excluding carboxylic acids is 1. The van der Waals surface area contributed by atoms with Crippen molar-refractivity contribution in [1.29, 1.82) is 0 Å². The van der Waals surface area contributed by atoms with Crippen molar-refractivity contribution in [3.05, 3.63) is 77.5 Å². The molecule has 4 rings (SSSR count). The molecule has 2 aromatic carbocycles. The van der Waals surface area contributed by atoms with E-state index in [0.29, 0.717) is 11.4 Å². The fourth-order valence-corrected chi connectivity index (χ4v) is 3.27. The van der Waals surface area contributed by atoms with Crippen LogP contribution in [0.3, 0.4) is 0 Å². The summed E-state index contributed by atoms with van der Waals surface area (Å²) < 4.78 is 1.65. The first-order chi connectivity index (χ1) is 13.0. The second-order valence-electron chi connectivity index (χ2n) is 6.72. The maximum Gasteiger partial charge on any atom is 0.257 e. The predicted octanol–water partition coefficient (Wildman–Crippen LogP) is 4.50. The molecule has 4 aromatic rings. The Bertz CT molecular complexity index is 1160. The van der Waals surface area contributed by atoms with Gasteiger partial charge in [0.2, 0.25) is 0 Å². The summed E-state index contributed by atoms with van der Waals surface area (Å²) in [6.45, 7) is 4.13. The van der Waals surface area contributed by atoms with E-state index in [1.807, 2.05) is 37.4 Å². The first kappa shape index (κ1) is 17.0. The molecular weight excluding hydrogens is 336 g/mol. The molecule has 2 heterocycles. The van der Waals surface area contributed by atoms with Crippen molar-refractivity contribution >= 4 is 22.6 Å². The minimum absolute atomic E-state index is 0.196. The standard InChI is InChI=1S/C22H20N4O/c1-14-8-9-16(15(2)12-14)20-13-18(17-6-4-5-7-19(17)23-20)22(27)24-21-10-11-26(3)25-21/h4-13H,1-3H3,(H,24,25,27). The van der Waals surface area contributed by atoms with Gasteiger partial charge in [-0.15, -0.1) is 0 Å². The lowest BCUT2D eigenvalue weighted by atomic mass is 9.99. The van der Waals surface area contributed by atoms with E-state index in [1.165, 1.54) is 5.56 Å². The summed E-state index contributed by atoms with van der Waals surface area (Å²) in [5.74, 6) is 0.328. The van der Waals surface area contributed by atoms with E-state index in [-0.39, 0.29) is 5.91 Å². The molecule has 0 atom stereocenters. The molecule has 1 N–H and O–H groups in total. The maximum atomic E-state index is 13.0. The number of nitrogens with zero attached hydrogens (tertiary/aromatic N) is 3. The Morgan fingerprint density at radius 3 is 2.59 bits per heavy atom. The number of aromatic nitrogens is 3. The van der Waals surface area contributed by atoms with Crippen LogP contribution in [0.25, 0.3) is 22.2 Å². The largest absolute Gasteiger partial charge is 0.305 e. The molecule has 0 radical (unpaired) electrons. The van der Waals surface area contributed by atoms with Crippen LogP contribution in [0, 0.1) is 13.8 Å². The summed E-state index contributed by atoms with van der Waals surface area (Å²) in [5.41, 5.74) is 5.53. The number of pyridine rings is 1. The monoisotopic (exact) mass is 356 g/mol. The van der Waals surface area contributed by atoms with Gasteiger partial charge < -0.3 is 5.32 Å². The van der Waals surface area contributed by atoms with Crippen LogP contribution < -0.4 is 5.32 Å². The van der Waals surface area contributed by atoms with Crippen LogP contribution >= 0.6 is 0 Å². The van der Waals surface area contributed by atoms with Crippen molar-refractivity contribution in [2.45, 2.75) is 13.8 Å². The molecule has 0 fully saturated rings. The van der Waals surface area contributed by atoms with Crippen molar-refractivity contribution in [3.63, 3.8) is 0 Å². The van der Waals surface area contributed by atoms with Gasteiger partial charge in [0, 0.05) is 30.3 Å². The van der Waals surface area contributed by atoms with E-state index < -0.39 is 0 Å². The van der Waals surface area contributed by atoms with Crippen LogP contribution in [-0.4, -0.2) is 20.7 Å². The van der Waals surface area contributed by atoms with Gasteiger partial charge >= 0.3 is 0 Å². The van der Waals surface area contributed by atoms with Gasteiger partial charge in [0.1, 0.15) is 0 Å². The second kappa shape index (κ2) is 6.68. The van der Waals surface area contributed by atoms with Crippen molar-refractivity contribution in [2.75, 3.05) is 5.32 Å². The van der Waals surface area contributed by atoms with Crippen molar-refractivity contribution in [1.82, 2.24) is 14.8 Å². The number of rotatable bonds is 3. The van der Waals surface area contributed by atoms with E-state index in [4.69, 9.17) is 4.98 Å². The Labute approximate surface area is 157 Å². The third-order valence-corrected chi connectivity index (χ3v) is 4.57. The Morgan fingerprint density at radius 2 is 1.85 bits per heavy atom. The van der Waals surface area contributed by atoms with Crippen LogP contribution in [-0.2, 0) is 7.05 Å². The van der Waals surface area contributed by atoms with E-state index in [2.05, 4.69) is 42.5 Å². The van der Waals surface area contributed by atoms with Gasteiger partial charge in [0.15, 0.2) is 5.82 Å². The number of fused-ring (bicyclic) bond motifs is 1. The Kier molecular flexibility index (Phi) is 4.20. The van der Waals surface area contributed by atoms with Gasteiger partial charge in [-0.1, -0.05) is 42.0 Å². The highest BCUT2D eigenvalue weighted by molar-refractivity contribution is 6.12. The number of hydrogen-bond donors (Lipinski definition) is 1. The minimum atomic E-state index is -0.196. The van der Waals surface area contributed by atoms with Gasteiger partial charge in [-0.25, -0.2) is 4.98 Å². The summed E-state index contributed by atoms with van der Waals surface area (Å²) in [6, 6.07) is 17.6. The molecule has 2 aromatic heterocycles. The number of amides is 1. The highest BCUT2D eigenvalue weighted by Crippen LogP contribution is 2.28. The molecule has 134 valence electrons. The van der Waals surface area contributed by atoms with Gasteiger partial charge in [-0.3, -0.25) is 9.48 Å². The first-order valence-electron chi connectivity index (χ1n) is 8.80. The third kappa shape index (κ3) is 3.31. The average Bonchev–Trinajstić information content (AvgIpc) is 3.05. The highest BCUT2D eigenvalue weighted by Gasteiger charge is 2.15. The number of carbonyl (C=O) groups is 1. The summed E-state index contributed by atoms with van der Waals surface area (Å²) in [7, 11) is 1.82. The summed E-state index contributed by atoms with van der Waals surface area (Å²) in [6.07, 6.45) is 1.79. The molecule has 0 saturated heterocycles. The lowest BCUT2D eigenvalue weighted by Crippen LogP contribution is -2.13. The number of anilines is 1. The molecule has 0 unspecified atom stereocenters. The molecular formula is C22H20N4O.